The minimum atomic E-state index is -0.740. The molecule has 8 heteroatoms. The maximum absolute atomic E-state index is 12.1. The second kappa shape index (κ2) is 6.89. The van der Waals surface area contributed by atoms with E-state index in [1.165, 1.54) is 18.2 Å². The maximum atomic E-state index is 12.1. The Labute approximate surface area is 136 Å². The van der Waals surface area contributed by atoms with E-state index in [9.17, 15) is 19.7 Å². The average Bonchev–Trinajstić information content (AvgIpc) is 2.54. The van der Waals surface area contributed by atoms with Gasteiger partial charge in [0.2, 0.25) is 0 Å². The lowest BCUT2D eigenvalue weighted by Gasteiger charge is -2.07. The first-order chi connectivity index (χ1) is 10.9. The molecule has 2 aromatic carbocycles. The number of amides is 1. The van der Waals surface area contributed by atoms with Gasteiger partial charge in [-0.05, 0) is 30.3 Å². The molecule has 0 aliphatic rings. The summed E-state index contributed by atoms with van der Waals surface area (Å²) in [6.07, 6.45) is 0. The number of nitro benzene ring substituents is 1. The maximum Gasteiger partial charge on any atom is 0.338 e. The zero-order valence-corrected chi connectivity index (χ0v) is 12.7. The highest BCUT2D eigenvalue weighted by atomic mass is 35.5. The van der Waals surface area contributed by atoms with Crippen molar-refractivity contribution in [3.8, 4) is 0 Å². The molecule has 0 radical (unpaired) electrons. The van der Waals surface area contributed by atoms with Crippen molar-refractivity contribution in [2.45, 2.75) is 0 Å². The largest absolute Gasteiger partial charge is 0.465 e. The van der Waals surface area contributed by atoms with Gasteiger partial charge in [-0.25, -0.2) is 4.79 Å². The molecule has 2 aromatic rings. The Kier molecular flexibility index (Phi) is 4.92. The molecule has 23 heavy (non-hydrogen) atoms. The summed E-state index contributed by atoms with van der Waals surface area (Å²) >= 11 is 5.75. The zero-order chi connectivity index (χ0) is 17.0. The number of non-ortho nitro benzene ring substituents is 1. The molecule has 7 nitrogen and oxygen atoms in total. The molecule has 0 heterocycles. The summed E-state index contributed by atoms with van der Waals surface area (Å²) in [4.78, 5) is 34.0. The summed E-state index contributed by atoms with van der Waals surface area (Å²) in [5.74, 6) is -1.23. The number of methoxy groups -OCH3 is 1. The fraction of sp³-hybridized carbons (Fsp3) is 0.0667. The van der Waals surface area contributed by atoms with Crippen molar-refractivity contribution in [1.82, 2.24) is 0 Å². The third kappa shape index (κ3) is 4.04. The number of benzene rings is 2. The number of nitro groups is 1. The highest BCUT2D eigenvalue weighted by Gasteiger charge is 2.16. The number of anilines is 1. The van der Waals surface area contributed by atoms with Crippen molar-refractivity contribution in [3.63, 3.8) is 0 Å². The molecule has 0 aliphatic heterocycles. The fourth-order valence-corrected chi connectivity index (χ4v) is 1.95. The van der Waals surface area contributed by atoms with Crippen molar-refractivity contribution in [2.75, 3.05) is 12.4 Å². The molecule has 0 saturated heterocycles. The van der Waals surface area contributed by atoms with E-state index in [4.69, 9.17) is 11.6 Å². The topological polar surface area (TPSA) is 98.5 Å². The lowest BCUT2D eigenvalue weighted by Crippen LogP contribution is -2.13. The van der Waals surface area contributed by atoms with E-state index in [2.05, 4.69) is 10.1 Å². The van der Waals surface area contributed by atoms with Gasteiger partial charge in [0, 0.05) is 28.4 Å². The quantitative estimate of drug-likeness (QED) is 0.525. The summed E-state index contributed by atoms with van der Waals surface area (Å²) in [5.41, 5.74) is 0.0625. The lowest BCUT2D eigenvalue weighted by atomic mass is 10.1. The second-order valence-electron chi connectivity index (χ2n) is 4.48. The molecule has 1 amide bonds. The van der Waals surface area contributed by atoms with Gasteiger partial charge in [0.05, 0.1) is 17.6 Å². The number of nitrogens with zero attached hydrogens (tertiary/aromatic N) is 1. The van der Waals surface area contributed by atoms with E-state index in [1.807, 2.05) is 0 Å². The minimum absolute atomic E-state index is 0.0342. The highest BCUT2D eigenvalue weighted by molar-refractivity contribution is 6.30. The van der Waals surface area contributed by atoms with Crippen molar-refractivity contribution in [3.05, 3.63) is 68.7 Å². The molecule has 1 N–H and O–H groups in total. The van der Waals surface area contributed by atoms with Crippen LogP contribution in [0, 0.1) is 10.1 Å². The van der Waals surface area contributed by atoms with Gasteiger partial charge in [0.25, 0.3) is 11.6 Å². The van der Waals surface area contributed by atoms with Crippen LogP contribution >= 0.6 is 11.6 Å². The Bertz CT molecular complexity index is 774. The Morgan fingerprint density at radius 1 is 1.13 bits per heavy atom. The van der Waals surface area contributed by atoms with Gasteiger partial charge in [-0.2, -0.15) is 0 Å². The van der Waals surface area contributed by atoms with Gasteiger partial charge in [0.15, 0.2) is 0 Å². The molecular weight excluding hydrogens is 324 g/mol. The number of rotatable bonds is 4. The normalized spacial score (nSPS) is 10.0. The van der Waals surface area contributed by atoms with Crippen molar-refractivity contribution < 1.29 is 19.2 Å². The molecule has 0 bridgehead atoms. The molecule has 0 fully saturated rings. The third-order valence-corrected chi connectivity index (χ3v) is 3.17. The monoisotopic (exact) mass is 334 g/mol. The van der Waals surface area contributed by atoms with Crippen LogP contribution in [-0.4, -0.2) is 23.9 Å². The third-order valence-electron chi connectivity index (χ3n) is 2.91. The summed E-state index contributed by atoms with van der Waals surface area (Å²) in [7, 11) is 1.16. The number of hydrogen-bond acceptors (Lipinski definition) is 5. The smallest absolute Gasteiger partial charge is 0.338 e. The van der Waals surface area contributed by atoms with Crippen LogP contribution in [0.15, 0.2) is 42.5 Å². The van der Waals surface area contributed by atoms with Crippen LogP contribution < -0.4 is 5.32 Å². The van der Waals surface area contributed by atoms with Gasteiger partial charge >= 0.3 is 5.97 Å². The average molecular weight is 335 g/mol. The van der Waals surface area contributed by atoms with Gasteiger partial charge in [-0.15, -0.1) is 0 Å². The molecule has 0 aromatic heterocycles. The van der Waals surface area contributed by atoms with Gasteiger partial charge < -0.3 is 10.1 Å². The van der Waals surface area contributed by atoms with Gasteiger partial charge in [-0.1, -0.05) is 11.6 Å². The van der Waals surface area contributed by atoms with Crippen LogP contribution in [0.1, 0.15) is 20.7 Å². The Morgan fingerprint density at radius 3 is 2.35 bits per heavy atom. The number of carbonyl (C=O) groups excluding carboxylic acids is 2. The predicted octanol–water partition coefficient (Wildman–Crippen LogP) is 3.29. The van der Waals surface area contributed by atoms with E-state index < -0.39 is 16.8 Å². The number of carbonyl (C=O) groups is 2. The van der Waals surface area contributed by atoms with Gasteiger partial charge in [-0.3, -0.25) is 14.9 Å². The minimum Gasteiger partial charge on any atom is -0.465 e. The first-order valence-corrected chi connectivity index (χ1v) is 6.73. The Balaban J connectivity index is 2.32. The second-order valence-corrected chi connectivity index (χ2v) is 4.91. The summed E-state index contributed by atoms with van der Waals surface area (Å²) in [5, 5.41) is 13.9. The van der Waals surface area contributed by atoms with Gasteiger partial charge in [0.1, 0.15) is 0 Å². The van der Waals surface area contributed by atoms with Crippen LogP contribution in [0.3, 0.4) is 0 Å². The van der Waals surface area contributed by atoms with Crippen LogP contribution in [0.2, 0.25) is 5.02 Å². The molecule has 0 unspecified atom stereocenters. The van der Waals surface area contributed by atoms with Crippen LogP contribution in [-0.2, 0) is 4.74 Å². The van der Waals surface area contributed by atoms with Crippen molar-refractivity contribution >= 4 is 34.9 Å². The zero-order valence-electron chi connectivity index (χ0n) is 11.9. The number of halogens is 1. The van der Waals surface area contributed by atoms with Crippen LogP contribution in [0.25, 0.3) is 0 Å². The van der Waals surface area contributed by atoms with Crippen molar-refractivity contribution in [2.24, 2.45) is 0 Å². The molecule has 2 rings (SSSR count). The van der Waals surface area contributed by atoms with Crippen LogP contribution in [0.5, 0.6) is 0 Å². The summed E-state index contributed by atoms with van der Waals surface area (Å²) in [6.45, 7) is 0. The molecule has 0 saturated carbocycles. The summed E-state index contributed by atoms with van der Waals surface area (Å²) in [6, 6.07) is 9.64. The van der Waals surface area contributed by atoms with Crippen molar-refractivity contribution in [1.29, 1.82) is 0 Å². The Hall–Kier alpha value is -2.93. The number of nitrogens with one attached hydrogen (secondary N) is 1. The first kappa shape index (κ1) is 16.4. The van der Waals surface area contributed by atoms with E-state index in [-0.39, 0.29) is 16.9 Å². The van der Waals surface area contributed by atoms with Crippen LogP contribution in [0.4, 0.5) is 11.4 Å². The van der Waals surface area contributed by atoms with E-state index in [0.29, 0.717) is 10.6 Å². The highest BCUT2D eigenvalue weighted by Crippen LogP contribution is 2.22. The summed E-state index contributed by atoms with van der Waals surface area (Å²) < 4.78 is 4.54. The number of ether oxygens (including phenoxy) is 1. The first-order valence-electron chi connectivity index (χ1n) is 6.35. The predicted molar refractivity (Wildman–Crippen MR) is 83.8 cm³/mol. The Morgan fingerprint density at radius 2 is 1.78 bits per heavy atom. The fourth-order valence-electron chi connectivity index (χ4n) is 1.83. The lowest BCUT2D eigenvalue weighted by molar-refractivity contribution is -0.384. The molecule has 0 atom stereocenters. The standard InChI is InChI=1S/C15H11ClN2O5/c1-23-15(20)10-6-12(8-13(7-10)18(21)22)17-14(19)9-2-4-11(16)5-3-9/h2-8H,1H3,(H,17,19). The van der Waals surface area contributed by atoms with E-state index in [1.54, 1.807) is 12.1 Å². The molecule has 0 spiro atoms. The molecule has 0 aliphatic carbocycles. The number of hydrogen-bond donors (Lipinski definition) is 1. The van der Waals surface area contributed by atoms with E-state index >= 15 is 0 Å². The van der Waals surface area contributed by atoms with E-state index in [0.717, 1.165) is 19.2 Å². The number of esters is 1. The SMILES string of the molecule is COC(=O)c1cc(NC(=O)c2ccc(Cl)cc2)cc([N+](=O)[O-])c1. The molecular formula is C15H11ClN2O5. The molecule has 118 valence electrons.